The third-order valence-corrected chi connectivity index (χ3v) is 3.96. The lowest BCUT2D eigenvalue weighted by Gasteiger charge is -2.10. The largest absolute Gasteiger partial charge is 0.497 e. The van der Waals surface area contributed by atoms with E-state index in [-0.39, 0.29) is 5.91 Å². The molecule has 2 N–H and O–H groups in total. The summed E-state index contributed by atoms with van der Waals surface area (Å²) in [7, 11) is 1.59. The first kappa shape index (κ1) is 18.4. The normalized spacial score (nSPS) is 10.3. The van der Waals surface area contributed by atoms with Crippen LogP contribution in [0.3, 0.4) is 0 Å². The molecule has 2 aromatic carbocycles. The van der Waals surface area contributed by atoms with E-state index in [1.165, 1.54) is 5.56 Å². The number of rotatable bonds is 7. The van der Waals surface area contributed by atoms with Gasteiger partial charge in [0, 0.05) is 24.4 Å². The zero-order valence-electron chi connectivity index (χ0n) is 15.4. The maximum absolute atomic E-state index is 12.5. The lowest BCUT2D eigenvalue weighted by atomic mass is 10.1. The Hall–Kier alpha value is -3.41. The quantitative estimate of drug-likeness (QED) is 0.670. The summed E-state index contributed by atoms with van der Waals surface area (Å²) in [5.74, 6) is 1.56. The van der Waals surface area contributed by atoms with E-state index >= 15 is 0 Å². The fraction of sp³-hybridized carbons (Fsp3) is 0.190. The SMILES string of the molecule is COc1cccc(NC(=O)c2cc(NCCc3ccccc3)nc(C)n2)c1. The Balaban J connectivity index is 1.65. The molecule has 1 heterocycles. The topological polar surface area (TPSA) is 76.1 Å². The van der Waals surface area contributed by atoms with Crippen LogP contribution in [0.5, 0.6) is 5.75 Å². The first-order valence-electron chi connectivity index (χ1n) is 8.73. The third kappa shape index (κ3) is 5.28. The van der Waals surface area contributed by atoms with Crippen molar-refractivity contribution in [2.24, 2.45) is 0 Å². The average molecular weight is 362 g/mol. The van der Waals surface area contributed by atoms with E-state index < -0.39 is 0 Å². The molecule has 1 aromatic heterocycles. The van der Waals surface area contributed by atoms with Crippen LogP contribution in [0.25, 0.3) is 0 Å². The highest BCUT2D eigenvalue weighted by molar-refractivity contribution is 6.03. The van der Waals surface area contributed by atoms with Crippen LogP contribution >= 0.6 is 0 Å². The van der Waals surface area contributed by atoms with Crippen molar-refractivity contribution in [3.63, 3.8) is 0 Å². The number of hydrogen-bond donors (Lipinski definition) is 2. The Labute approximate surface area is 158 Å². The summed E-state index contributed by atoms with van der Waals surface area (Å²) in [5, 5.41) is 6.09. The van der Waals surface area contributed by atoms with Crippen molar-refractivity contribution >= 4 is 17.4 Å². The number of ether oxygens (including phenoxy) is 1. The van der Waals surface area contributed by atoms with Gasteiger partial charge in [0.1, 0.15) is 23.1 Å². The van der Waals surface area contributed by atoms with Crippen molar-refractivity contribution in [2.75, 3.05) is 24.3 Å². The monoisotopic (exact) mass is 362 g/mol. The molecule has 0 aliphatic carbocycles. The third-order valence-electron chi connectivity index (χ3n) is 3.96. The molecule has 27 heavy (non-hydrogen) atoms. The van der Waals surface area contributed by atoms with Crippen LogP contribution in [0.4, 0.5) is 11.5 Å². The van der Waals surface area contributed by atoms with Crippen LogP contribution < -0.4 is 15.4 Å². The molecule has 1 amide bonds. The van der Waals surface area contributed by atoms with Gasteiger partial charge in [-0.05, 0) is 31.0 Å². The van der Waals surface area contributed by atoms with Gasteiger partial charge in [-0.2, -0.15) is 0 Å². The highest BCUT2D eigenvalue weighted by Gasteiger charge is 2.11. The van der Waals surface area contributed by atoms with Gasteiger partial charge >= 0.3 is 0 Å². The number of aryl methyl sites for hydroxylation is 1. The van der Waals surface area contributed by atoms with Crippen LogP contribution in [0.1, 0.15) is 21.9 Å². The minimum atomic E-state index is -0.292. The molecule has 0 radical (unpaired) electrons. The predicted octanol–water partition coefficient (Wildman–Crippen LogP) is 3.70. The van der Waals surface area contributed by atoms with E-state index in [2.05, 4.69) is 32.7 Å². The Kier molecular flexibility index (Phi) is 5.99. The summed E-state index contributed by atoms with van der Waals surface area (Å²) in [6.07, 6.45) is 0.870. The number of amides is 1. The zero-order valence-corrected chi connectivity index (χ0v) is 15.4. The van der Waals surface area contributed by atoms with Gasteiger partial charge in [-0.1, -0.05) is 36.4 Å². The molecular formula is C21H22N4O2. The number of anilines is 2. The van der Waals surface area contributed by atoms with Gasteiger partial charge in [0.15, 0.2) is 0 Å². The average Bonchev–Trinajstić information content (AvgIpc) is 2.68. The summed E-state index contributed by atoms with van der Waals surface area (Å²) in [6, 6.07) is 19.1. The van der Waals surface area contributed by atoms with Crippen LogP contribution in [-0.4, -0.2) is 29.5 Å². The van der Waals surface area contributed by atoms with Gasteiger partial charge in [-0.15, -0.1) is 0 Å². The maximum atomic E-state index is 12.5. The fourth-order valence-electron chi connectivity index (χ4n) is 2.65. The van der Waals surface area contributed by atoms with E-state index in [1.807, 2.05) is 30.3 Å². The van der Waals surface area contributed by atoms with E-state index in [0.717, 1.165) is 13.0 Å². The summed E-state index contributed by atoms with van der Waals surface area (Å²) >= 11 is 0. The summed E-state index contributed by atoms with van der Waals surface area (Å²) in [4.78, 5) is 21.1. The molecule has 0 bridgehead atoms. The standard InChI is InChI=1S/C21H22N4O2/c1-15-23-19(21(26)25-17-9-6-10-18(13-17)27-2)14-20(24-15)22-12-11-16-7-4-3-5-8-16/h3-10,13-14H,11-12H2,1-2H3,(H,25,26)(H,22,23,24). The molecule has 138 valence electrons. The summed E-state index contributed by atoms with van der Waals surface area (Å²) in [6.45, 7) is 2.49. The van der Waals surface area contributed by atoms with Crippen molar-refractivity contribution in [1.82, 2.24) is 9.97 Å². The molecule has 6 nitrogen and oxygen atoms in total. The first-order valence-corrected chi connectivity index (χ1v) is 8.73. The molecule has 0 aliphatic rings. The van der Waals surface area contributed by atoms with Gasteiger partial charge in [-0.3, -0.25) is 4.79 Å². The summed E-state index contributed by atoms with van der Waals surface area (Å²) in [5.41, 5.74) is 2.20. The molecule has 0 aliphatic heterocycles. The van der Waals surface area contributed by atoms with Crippen LogP contribution in [0, 0.1) is 6.92 Å². The number of carbonyl (C=O) groups is 1. The number of benzene rings is 2. The molecule has 0 saturated heterocycles. The number of nitrogens with zero attached hydrogens (tertiary/aromatic N) is 2. The number of nitrogens with one attached hydrogen (secondary N) is 2. The van der Waals surface area contributed by atoms with Gasteiger partial charge in [-0.25, -0.2) is 9.97 Å². The van der Waals surface area contributed by atoms with E-state index in [9.17, 15) is 4.79 Å². The van der Waals surface area contributed by atoms with Crippen molar-refractivity contribution in [3.05, 3.63) is 77.7 Å². The van der Waals surface area contributed by atoms with Crippen LogP contribution in [-0.2, 0) is 6.42 Å². The highest BCUT2D eigenvalue weighted by Crippen LogP contribution is 2.18. The van der Waals surface area contributed by atoms with Gasteiger partial charge in [0.05, 0.1) is 7.11 Å². The van der Waals surface area contributed by atoms with E-state index in [4.69, 9.17) is 4.74 Å². The highest BCUT2D eigenvalue weighted by atomic mass is 16.5. The Morgan fingerprint density at radius 1 is 1.04 bits per heavy atom. The smallest absolute Gasteiger partial charge is 0.274 e. The minimum Gasteiger partial charge on any atom is -0.497 e. The van der Waals surface area contributed by atoms with Crippen LogP contribution in [0.15, 0.2) is 60.7 Å². The minimum absolute atomic E-state index is 0.292. The molecule has 0 saturated carbocycles. The number of hydrogen-bond acceptors (Lipinski definition) is 5. The summed E-state index contributed by atoms with van der Waals surface area (Å²) < 4.78 is 5.17. The predicted molar refractivity (Wildman–Crippen MR) is 106 cm³/mol. The zero-order chi connectivity index (χ0) is 19.1. The number of methoxy groups -OCH3 is 1. The van der Waals surface area contributed by atoms with E-state index in [0.29, 0.717) is 28.8 Å². The molecule has 0 fully saturated rings. The van der Waals surface area contributed by atoms with Crippen molar-refractivity contribution in [1.29, 1.82) is 0 Å². The molecular weight excluding hydrogens is 340 g/mol. The van der Waals surface area contributed by atoms with E-state index in [1.54, 1.807) is 32.2 Å². The van der Waals surface area contributed by atoms with Crippen molar-refractivity contribution in [3.8, 4) is 5.75 Å². The number of carbonyl (C=O) groups excluding carboxylic acids is 1. The maximum Gasteiger partial charge on any atom is 0.274 e. The van der Waals surface area contributed by atoms with Gasteiger partial charge < -0.3 is 15.4 Å². The van der Waals surface area contributed by atoms with Gasteiger partial charge in [0.2, 0.25) is 0 Å². The molecule has 0 atom stereocenters. The molecule has 3 rings (SSSR count). The molecule has 0 spiro atoms. The van der Waals surface area contributed by atoms with Crippen molar-refractivity contribution in [2.45, 2.75) is 13.3 Å². The Morgan fingerprint density at radius 3 is 2.63 bits per heavy atom. The lowest BCUT2D eigenvalue weighted by Crippen LogP contribution is -2.16. The Bertz CT molecular complexity index is 913. The number of aromatic nitrogens is 2. The lowest BCUT2D eigenvalue weighted by molar-refractivity contribution is 0.102. The van der Waals surface area contributed by atoms with Crippen LogP contribution in [0.2, 0.25) is 0 Å². The van der Waals surface area contributed by atoms with Crippen molar-refractivity contribution < 1.29 is 9.53 Å². The second-order valence-electron chi connectivity index (χ2n) is 6.03. The molecule has 0 unspecified atom stereocenters. The first-order chi connectivity index (χ1) is 13.1. The Morgan fingerprint density at radius 2 is 1.85 bits per heavy atom. The van der Waals surface area contributed by atoms with Gasteiger partial charge in [0.25, 0.3) is 5.91 Å². The molecule has 6 heteroatoms. The second-order valence-corrected chi connectivity index (χ2v) is 6.03. The molecule has 3 aromatic rings. The fourth-order valence-corrected chi connectivity index (χ4v) is 2.65. The second kappa shape index (κ2) is 8.80.